The molecular formula is C20H20ClNO3. The van der Waals surface area contributed by atoms with Gasteiger partial charge in [0.15, 0.2) is 11.5 Å². The van der Waals surface area contributed by atoms with E-state index in [1.54, 1.807) is 0 Å². The summed E-state index contributed by atoms with van der Waals surface area (Å²) in [7, 11) is 0. The first kappa shape index (κ1) is 16.3. The third-order valence-electron chi connectivity index (χ3n) is 4.67. The average molecular weight is 358 g/mol. The zero-order chi connectivity index (χ0) is 17.2. The molecule has 1 amide bonds. The van der Waals surface area contributed by atoms with E-state index in [4.69, 9.17) is 21.1 Å². The fourth-order valence-electron chi connectivity index (χ4n) is 3.45. The van der Waals surface area contributed by atoms with Crippen LogP contribution < -0.4 is 14.8 Å². The molecule has 0 aromatic heterocycles. The van der Waals surface area contributed by atoms with Crippen LogP contribution in [-0.2, 0) is 30.6 Å². The molecule has 0 spiro atoms. The highest BCUT2D eigenvalue weighted by molar-refractivity contribution is 6.32. The molecule has 0 radical (unpaired) electrons. The van der Waals surface area contributed by atoms with E-state index >= 15 is 0 Å². The van der Waals surface area contributed by atoms with Gasteiger partial charge in [-0.3, -0.25) is 4.79 Å². The summed E-state index contributed by atoms with van der Waals surface area (Å²) in [6, 6.07) is 10.1. The molecule has 4 nitrogen and oxygen atoms in total. The number of rotatable bonds is 4. The molecule has 0 saturated carbocycles. The molecular weight excluding hydrogens is 338 g/mol. The van der Waals surface area contributed by atoms with Gasteiger partial charge in [0.1, 0.15) is 13.2 Å². The zero-order valence-corrected chi connectivity index (χ0v) is 14.7. The molecule has 2 aliphatic rings. The second-order valence-corrected chi connectivity index (χ2v) is 6.92. The normalized spacial score (nSPS) is 14.9. The summed E-state index contributed by atoms with van der Waals surface area (Å²) < 4.78 is 11.1. The quantitative estimate of drug-likeness (QED) is 0.911. The van der Waals surface area contributed by atoms with Crippen LogP contribution in [0.4, 0.5) is 0 Å². The van der Waals surface area contributed by atoms with Gasteiger partial charge in [0.2, 0.25) is 5.91 Å². The van der Waals surface area contributed by atoms with Crippen LogP contribution in [0.3, 0.4) is 0 Å². The fourth-order valence-corrected chi connectivity index (χ4v) is 3.74. The lowest BCUT2D eigenvalue weighted by molar-refractivity contribution is -0.120. The lowest BCUT2D eigenvalue weighted by Gasteiger charge is -2.20. The minimum Gasteiger partial charge on any atom is -0.486 e. The Morgan fingerprint density at radius 2 is 1.88 bits per heavy atom. The Bertz CT molecular complexity index is 819. The van der Waals surface area contributed by atoms with Crippen molar-refractivity contribution in [2.75, 3.05) is 13.2 Å². The van der Waals surface area contributed by atoms with Crippen molar-refractivity contribution in [3.63, 3.8) is 0 Å². The van der Waals surface area contributed by atoms with Crippen molar-refractivity contribution in [2.24, 2.45) is 0 Å². The predicted molar refractivity (Wildman–Crippen MR) is 96.5 cm³/mol. The molecule has 2 aromatic carbocycles. The Balaban J connectivity index is 1.38. The van der Waals surface area contributed by atoms with E-state index in [-0.39, 0.29) is 5.91 Å². The van der Waals surface area contributed by atoms with Gasteiger partial charge in [0.25, 0.3) is 0 Å². The highest BCUT2D eigenvalue weighted by Gasteiger charge is 2.17. The zero-order valence-electron chi connectivity index (χ0n) is 13.9. The van der Waals surface area contributed by atoms with Crippen LogP contribution in [0, 0.1) is 0 Å². The van der Waals surface area contributed by atoms with Crippen LogP contribution in [-0.4, -0.2) is 19.1 Å². The van der Waals surface area contributed by atoms with E-state index in [1.165, 1.54) is 17.5 Å². The van der Waals surface area contributed by atoms with Crippen LogP contribution in [0.25, 0.3) is 0 Å². The highest BCUT2D eigenvalue weighted by atomic mass is 35.5. The maximum atomic E-state index is 12.3. The number of ether oxygens (including phenoxy) is 2. The summed E-state index contributed by atoms with van der Waals surface area (Å²) in [5.41, 5.74) is 4.79. The molecule has 1 aliphatic heterocycles. The van der Waals surface area contributed by atoms with Gasteiger partial charge in [0.05, 0.1) is 11.4 Å². The number of hydrogen-bond donors (Lipinski definition) is 1. The van der Waals surface area contributed by atoms with Gasteiger partial charge >= 0.3 is 0 Å². The Morgan fingerprint density at radius 1 is 1.04 bits per heavy atom. The molecule has 0 saturated heterocycles. The van der Waals surface area contributed by atoms with Crippen LogP contribution in [0.2, 0.25) is 5.02 Å². The summed E-state index contributed by atoms with van der Waals surface area (Å²) in [4.78, 5) is 12.3. The summed E-state index contributed by atoms with van der Waals surface area (Å²) in [5.74, 6) is 1.23. The number of benzene rings is 2. The largest absolute Gasteiger partial charge is 0.486 e. The molecule has 0 atom stereocenters. The Hall–Kier alpha value is -2.20. The van der Waals surface area contributed by atoms with Crippen molar-refractivity contribution in [3.05, 3.63) is 57.6 Å². The predicted octanol–water partition coefficient (Wildman–Crippen LogP) is 3.46. The third-order valence-corrected chi connectivity index (χ3v) is 4.95. The van der Waals surface area contributed by atoms with Crippen LogP contribution in [0.15, 0.2) is 30.3 Å². The monoisotopic (exact) mass is 357 g/mol. The number of carbonyl (C=O) groups is 1. The summed E-state index contributed by atoms with van der Waals surface area (Å²) in [5, 5.41) is 3.47. The molecule has 5 heteroatoms. The first-order chi connectivity index (χ1) is 12.2. The third kappa shape index (κ3) is 3.59. The van der Waals surface area contributed by atoms with Gasteiger partial charge in [0, 0.05) is 6.54 Å². The van der Waals surface area contributed by atoms with Gasteiger partial charge < -0.3 is 14.8 Å². The fraction of sp³-hybridized carbons (Fsp3) is 0.350. The van der Waals surface area contributed by atoms with Crippen LogP contribution >= 0.6 is 11.6 Å². The van der Waals surface area contributed by atoms with Crippen molar-refractivity contribution in [2.45, 2.75) is 32.2 Å². The molecule has 2 aromatic rings. The molecule has 0 fully saturated rings. The molecule has 1 aliphatic carbocycles. The van der Waals surface area contributed by atoms with Crippen molar-refractivity contribution in [3.8, 4) is 11.5 Å². The first-order valence-corrected chi connectivity index (χ1v) is 9.02. The first-order valence-electron chi connectivity index (χ1n) is 8.64. The standard InChI is InChI=1S/C20H20ClNO3/c21-17-9-14(10-18-20(17)25-7-6-24-18)12-22-19(23)11-13-4-5-15-2-1-3-16(15)8-13/h4-5,8-10H,1-3,6-7,11-12H2,(H,22,23). The van der Waals surface area contributed by atoms with Crippen LogP contribution in [0.5, 0.6) is 11.5 Å². The van der Waals surface area contributed by atoms with E-state index in [0.717, 1.165) is 24.0 Å². The van der Waals surface area contributed by atoms with Gasteiger partial charge in [-0.1, -0.05) is 29.8 Å². The Labute approximate surface area is 152 Å². The number of fused-ring (bicyclic) bond motifs is 2. The van der Waals surface area contributed by atoms with E-state index in [9.17, 15) is 4.79 Å². The molecule has 1 heterocycles. The lowest BCUT2D eigenvalue weighted by Crippen LogP contribution is -2.25. The number of carbonyl (C=O) groups excluding carboxylic acids is 1. The molecule has 130 valence electrons. The summed E-state index contributed by atoms with van der Waals surface area (Å²) in [6.07, 6.45) is 3.90. The summed E-state index contributed by atoms with van der Waals surface area (Å²) >= 11 is 6.23. The molecule has 4 rings (SSSR count). The topological polar surface area (TPSA) is 47.6 Å². The molecule has 0 unspecified atom stereocenters. The second-order valence-electron chi connectivity index (χ2n) is 6.51. The smallest absolute Gasteiger partial charge is 0.224 e. The van der Waals surface area contributed by atoms with Gasteiger partial charge in [-0.25, -0.2) is 0 Å². The maximum Gasteiger partial charge on any atom is 0.224 e. The number of aryl methyl sites for hydroxylation is 2. The number of halogens is 1. The van der Waals surface area contributed by atoms with Crippen molar-refractivity contribution in [1.82, 2.24) is 5.32 Å². The van der Waals surface area contributed by atoms with Gasteiger partial charge in [-0.2, -0.15) is 0 Å². The maximum absolute atomic E-state index is 12.3. The molecule has 25 heavy (non-hydrogen) atoms. The lowest BCUT2D eigenvalue weighted by atomic mass is 10.0. The van der Waals surface area contributed by atoms with Gasteiger partial charge in [-0.15, -0.1) is 0 Å². The van der Waals surface area contributed by atoms with E-state index in [0.29, 0.717) is 42.7 Å². The van der Waals surface area contributed by atoms with Crippen molar-refractivity contribution >= 4 is 17.5 Å². The number of nitrogens with one attached hydrogen (secondary N) is 1. The van der Waals surface area contributed by atoms with E-state index < -0.39 is 0 Å². The Kier molecular flexibility index (Phi) is 4.53. The van der Waals surface area contributed by atoms with Crippen molar-refractivity contribution < 1.29 is 14.3 Å². The minimum absolute atomic E-state index is 0.00367. The number of amides is 1. The van der Waals surface area contributed by atoms with E-state index in [2.05, 4.69) is 23.5 Å². The van der Waals surface area contributed by atoms with Crippen molar-refractivity contribution in [1.29, 1.82) is 0 Å². The van der Waals surface area contributed by atoms with Crippen LogP contribution in [0.1, 0.15) is 28.7 Å². The molecule has 1 N–H and O–H groups in total. The second kappa shape index (κ2) is 6.96. The van der Waals surface area contributed by atoms with Gasteiger partial charge in [-0.05, 0) is 53.6 Å². The van der Waals surface area contributed by atoms with E-state index in [1.807, 2.05) is 12.1 Å². The Morgan fingerprint density at radius 3 is 2.80 bits per heavy atom. The minimum atomic E-state index is 0.00367. The SMILES string of the molecule is O=C(Cc1ccc2c(c1)CCC2)NCc1cc(Cl)c2c(c1)OCCO2. The average Bonchev–Trinajstić information content (AvgIpc) is 3.08. The number of hydrogen-bond acceptors (Lipinski definition) is 3. The summed E-state index contributed by atoms with van der Waals surface area (Å²) in [6.45, 7) is 1.43. The molecule has 0 bridgehead atoms. The highest BCUT2D eigenvalue weighted by Crippen LogP contribution is 2.38.